The first kappa shape index (κ1) is 32.2. The van der Waals surface area contributed by atoms with Gasteiger partial charge < -0.3 is 4.42 Å². The maximum absolute atomic E-state index is 14.5. The minimum atomic E-state index is -2.54. The zero-order valence-corrected chi connectivity index (χ0v) is 34.1. The van der Waals surface area contributed by atoms with Crippen LogP contribution in [0.5, 0.6) is 0 Å². The lowest BCUT2D eigenvalue weighted by Gasteiger charge is -2.28. The fraction of sp³-hybridized carbons (Fsp3) is 0.182. The van der Waals surface area contributed by atoms with E-state index in [2.05, 4.69) is 50.9 Å². The molecule has 0 aliphatic heterocycles. The maximum Gasteiger partial charge on any atom is 0.144 e. The molecule has 0 amide bonds. The van der Waals surface area contributed by atoms with E-state index < -0.39 is 41.5 Å². The molecule has 0 unspecified atom stereocenters. The van der Waals surface area contributed by atoms with E-state index in [1.807, 2.05) is 85.2 Å². The van der Waals surface area contributed by atoms with Crippen LogP contribution in [0.3, 0.4) is 0 Å². The van der Waals surface area contributed by atoms with Gasteiger partial charge >= 0.3 is 0 Å². The number of hydrogen-bond donors (Lipinski definition) is 0. The number of furan rings is 1. The van der Waals surface area contributed by atoms with E-state index in [0.29, 0.717) is 40.5 Å². The van der Waals surface area contributed by atoms with Crippen molar-refractivity contribution in [3.8, 4) is 33.8 Å². The largest absolute Gasteiger partial charge is 0.455 e. The molecule has 5 aromatic carbocycles. The molecule has 0 fully saturated rings. The maximum atomic E-state index is 14.5. The average Bonchev–Trinajstić information content (AvgIpc) is 3.69. The minimum Gasteiger partial charge on any atom is -0.455 e. The van der Waals surface area contributed by atoms with Gasteiger partial charge in [-0.3, -0.25) is 15.0 Å². The molecule has 4 aromatic heterocycles. The Bertz CT molecular complexity index is 3090. The van der Waals surface area contributed by atoms with Gasteiger partial charge in [-0.2, -0.15) is 0 Å². The van der Waals surface area contributed by atoms with E-state index >= 15 is 0 Å². The summed E-state index contributed by atoms with van der Waals surface area (Å²) in [5, 5.41) is 1.03. The molecule has 0 saturated carbocycles. The molecule has 296 valence electrons. The summed E-state index contributed by atoms with van der Waals surface area (Å²) in [6, 6.07) is 42.9. The quantitative estimate of drug-likeness (QED) is 0.124. The first-order valence-corrected chi connectivity index (χ1v) is 20.2. The molecule has 0 atom stereocenters. The lowest BCUT2D eigenvalue weighted by atomic mass is 9.77. The molecule has 0 aliphatic rings. The highest BCUT2D eigenvalue weighted by Gasteiger charge is 2.25. The fourth-order valence-electron chi connectivity index (χ4n) is 8.03. The highest BCUT2D eigenvalue weighted by atomic mass is 19.1. The summed E-state index contributed by atoms with van der Waals surface area (Å²) in [4.78, 5) is 14.2. The van der Waals surface area contributed by atoms with Crippen molar-refractivity contribution in [2.45, 2.75) is 64.1 Å². The second-order valence-electron chi connectivity index (χ2n) is 16.7. The Labute approximate surface area is 360 Å². The van der Waals surface area contributed by atoms with E-state index in [-0.39, 0.29) is 16.7 Å². The van der Waals surface area contributed by atoms with Crippen LogP contribution in [0.25, 0.3) is 55.7 Å². The molecule has 4 nitrogen and oxygen atoms in total. The van der Waals surface area contributed by atoms with Crippen LogP contribution in [0.4, 0.5) is 4.39 Å². The third-order valence-electron chi connectivity index (χ3n) is 11.3. The fourth-order valence-corrected chi connectivity index (χ4v) is 8.03. The van der Waals surface area contributed by atoms with Crippen molar-refractivity contribution in [1.82, 2.24) is 15.0 Å². The van der Waals surface area contributed by atoms with Gasteiger partial charge in [-0.05, 0) is 106 Å². The Morgan fingerprint density at radius 1 is 0.550 bits per heavy atom. The van der Waals surface area contributed by atoms with E-state index in [1.165, 1.54) is 18.3 Å². The minimum absolute atomic E-state index is 0.0238. The molecule has 0 spiro atoms. The van der Waals surface area contributed by atoms with Gasteiger partial charge in [0, 0.05) is 57.6 Å². The lowest BCUT2D eigenvalue weighted by Crippen LogP contribution is -2.23. The molecular formula is C55H48FN3O. The molecule has 9 rings (SSSR count). The van der Waals surface area contributed by atoms with Gasteiger partial charge in [0.2, 0.25) is 0 Å². The predicted octanol–water partition coefficient (Wildman–Crippen LogP) is 13.7. The number of benzene rings is 5. The average molecular weight is 792 g/mol. The first-order valence-electron chi connectivity index (χ1n) is 23.2. The summed E-state index contributed by atoms with van der Waals surface area (Å²) in [5.74, 6) is -0.968. The van der Waals surface area contributed by atoms with Crippen molar-refractivity contribution in [2.75, 3.05) is 0 Å². The molecule has 0 aliphatic carbocycles. The van der Waals surface area contributed by atoms with E-state index in [9.17, 15) is 9.87 Å². The molecule has 60 heavy (non-hydrogen) atoms. The highest BCUT2D eigenvalue weighted by Crippen LogP contribution is 2.36. The van der Waals surface area contributed by atoms with Crippen LogP contribution in [0.15, 0.2) is 175 Å². The zero-order valence-electron chi connectivity index (χ0n) is 40.1. The normalized spacial score (nSPS) is 13.9. The second kappa shape index (κ2) is 16.1. The van der Waals surface area contributed by atoms with Crippen molar-refractivity contribution in [3.05, 3.63) is 209 Å². The van der Waals surface area contributed by atoms with Crippen molar-refractivity contribution in [2.24, 2.45) is 0 Å². The Balaban J connectivity index is 1.06. The van der Waals surface area contributed by atoms with Gasteiger partial charge in [0.15, 0.2) is 0 Å². The van der Waals surface area contributed by atoms with E-state index in [4.69, 9.17) is 17.1 Å². The Morgan fingerprint density at radius 2 is 1.10 bits per heavy atom. The Kier molecular flexibility index (Phi) is 8.66. The second-order valence-corrected chi connectivity index (χ2v) is 16.7. The summed E-state index contributed by atoms with van der Waals surface area (Å²) < 4.78 is 74.9. The molecule has 0 N–H and O–H groups in total. The van der Waals surface area contributed by atoms with Crippen LogP contribution in [0.1, 0.15) is 69.3 Å². The Morgan fingerprint density at radius 3 is 1.65 bits per heavy atom. The summed E-state index contributed by atoms with van der Waals surface area (Å²) in [5.41, 5.74) is 8.34. The number of aryl methyl sites for hydroxylation is 2. The number of nitrogens with zero attached hydrogens (tertiary/aromatic N) is 3. The van der Waals surface area contributed by atoms with Gasteiger partial charge in [-0.1, -0.05) is 137 Å². The van der Waals surface area contributed by atoms with Gasteiger partial charge in [-0.25, -0.2) is 4.39 Å². The van der Waals surface area contributed by atoms with Crippen molar-refractivity contribution < 1.29 is 17.0 Å². The monoisotopic (exact) mass is 791 g/mol. The first-order chi connectivity index (χ1) is 31.4. The van der Waals surface area contributed by atoms with Crippen molar-refractivity contribution in [1.29, 1.82) is 0 Å². The number of aromatic nitrogens is 3. The van der Waals surface area contributed by atoms with Gasteiger partial charge in [0.25, 0.3) is 0 Å². The molecule has 4 heterocycles. The molecular weight excluding hydrogens is 738 g/mol. The Hall–Kier alpha value is -6.72. The number of halogens is 1. The molecule has 9 aromatic rings. The molecule has 0 saturated heterocycles. The van der Waals surface area contributed by atoms with Crippen molar-refractivity contribution in [3.63, 3.8) is 0 Å². The zero-order chi connectivity index (χ0) is 46.6. The predicted molar refractivity (Wildman–Crippen MR) is 244 cm³/mol. The SMILES string of the molecule is [2H]c1cc2c(oc3c(-c4ccc(C([2H])([2H])C([2H])([2H])c5cc(CC(C)(C)c6ccc(-c7ccccc7)nc6)cc(CC(C)(C)c6ccc(-c7ccccc7)nc6)c5)cn4)cccc32)c([2H])c1F. The topological polar surface area (TPSA) is 51.8 Å². The van der Waals surface area contributed by atoms with Crippen molar-refractivity contribution >= 4 is 21.9 Å². The number of fused-ring (bicyclic) bond motifs is 3. The lowest BCUT2D eigenvalue weighted by molar-refractivity contribution is 0.512. The number of pyridine rings is 3. The van der Waals surface area contributed by atoms with E-state index in [0.717, 1.165) is 44.8 Å². The highest BCUT2D eigenvalue weighted by molar-refractivity contribution is 6.09. The number of para-hydroxylation sites is 1. The molecule has 0 bridgehead atoms. The summed E-state index contributed by atoms with van der Waals surface area (Å²) in [6.45, 7) is 8.58. The van der Waals surface area contributed by atoms with Crippen LogP contribution in [0.2, 0.25) is 0 Å². The van der Waals surface area contributed by atoms with Crippen LogP contribution in [0, 0.1) is 5.82 Å². The third kappa shape index (κ3) is 8.26. The third-order valence-corrected chi connectivity index (χ3v) is 11.3. The van der Waals surface area contributed by atoms with Crippen LogP contribution in [-0.4, -0.2) is 15.0 Å². The summed E-state index contributed by atoms with van der Waals surface area (Å²) >= 11 is 0. The summed E-state index contributed by atoms with van der Waals surface area (Å²) in [7, 11) is 0. The molecule has 5 heteroatoms. The number of hydrogen-bond acceptors (Lipinski definition) is 4. The smallest absolute Gasteiger partial charge is 0.144 e. The van der Waals surface area contributed by atoms with Crippen LogP contribution < -0.4 is 0 Å². The number of rotatable bonds is 12. The van der Waals surface area contributed by atoms with Gasteiger partial charge in [0.05, 0.1) is 19.8 Å². The summed E-state index contributed by atoms with van der Waals surface area (Å²) in [6.07, 6.45) is 1.18. The van der Waals surface area contributed by atoms with E-state index in [1.54, 1.807) is 36.4 Å². The van der Waals surface area contributed by atoms with Gasteiger partial charge in [-0.15, -0.1) is 0 Å². The molecule has 0 radical (unpaired) electrons. The van der Waals surface area contributed by atoms with Gasteiger partial charge in [0.1, 0.15) is 17.0 Å². The van der Waals surface area contributed by atoms with Crippen LogP contribution >= 0.6 is 0 Å². The van der Waals surface area contributed by atoms with Crippen LogP contribution in [-0.2, 0) is 36.4 Å². The standard InChI is InChI=1S/C55H48FN3O/c1-54(2,43-21-26-49(58-35-43)41-12-7-5-8-13-41)32-39-28-38(29-40(30-39)33-55(3,4)44-22-27-50(59-36-44)42-14-9-6-10-15-42)19-18-37-20-25-51(57-34-37)48-17-11-16-47-46-24-23-45(56)31-52(46)60-53(47)48/h5-17,20-31,34-36H,18-19,32-33H2,1-4H3/i18D2,19D2,23D,31D.